The van der Waals surface area contributed by atoms with Crippen molar-refractivity contribution >= 4 is 5.97 Å². The van der Waals surface area contributed by atoms with E-state index in [4.69, 9.17) is 5.11 Å². The minimum absolute atomic E-state index is 0.0621. The van der Waals surface area contributed by atoms with Gasteiger partial charge in [-0.05, 0) is 41.7 Å². The Morgan fingerprint density at radius 2 is 1.95 bits per heavy atom. The Morgan fingerprint density at radius 3 is 2.53 bits per heavy atom. The van der Waals surface area contributed by atoms with Gasteiger partial charge >= 0.3 is 5.97 Å². The molecule has 1 heterocycles. The maximum atomic E-state index is 11.0. The van der Waals surface area contributed by atoms with Crippen LogP contribution >= 0.6 is 0 Å². The third-order valence-electron chi connectivity index (χ3n) is 3.00. The molecule has 1 aromatic heterocycles. The Balaban J connectivity index is 2.19. The van der Waals surface area contributed by atoms with E-state index in [0.29, 0.717) is 6.42 Å². The number of benzene rings is 1. The molecule has 1 atom stereocenters. The van der Waals surface area contributed by atoms with Gasteiger partial charge in [0, 0.05) is 12.4 Å². The summed E-state index contributed by atoms with van der Waals surface area (Å²) < 4.78 is 0. The maximum Gasteiger partial charge on any atom is 0.303 e. The smallest absolute Gasteiger partial charge is 0.303 e. The van der Waals surface area contributed by atoms with Crippen LogP contribution in [0.5, 0.6) is 5.75 Å². The van der Waals surface area contributed by atoms with Crippen LogP contribution in [-0.2, 0) is 11.2 Å². The molecule has 0 bridgehead atoms. The van der Waals surface area contributed by atoms with Crippen LogP contribution in [-0.4, -0.2) is 21.2 Å². The average molecular weight is 257 g/mol. The lowest BCUT2D eigenvalue weighted by molar-refractivity contribution is -0.137. The molecule has 0 saturated carbocycles. The molecule has 0 saturated heterocycles. The first-order valence-corrected chi connectivity index (χ1v) is 6.05. The molecule has 4 nitrogen and oxygen atoms in total. The highest BCUT2D eigenvalue weighted by Gasteiger charge is 2.16. The molecule has 2 rings (SSSR count). The number of nitrogens with zero attached hydrogens (tertiary/aromatic N) is 1. The van der Waals surface area contributed by atoms with Gasteiger partial charge in [-0.15, -0.1) is 0 Å². The lowest BCUT2D eigenvalue weighted by Gasteiger charge is -2.15. The number of hydrogen-bond acceptors (Lipinski definition) is 3. The predicted molar refractivity (Wildman–Crippen MR) is 71.0 cm³/mol. The van der Waals surface area contributed by atoms with E-state index >= 15 is 0 Å². The number of aromatic nitrogens is 1. The van der Waals surface area contributed by atoms with Crippen LogP contribution < -0.4 is 0 Å². The van der Waals surface area contributed by atoms with E-state index in [2.05, 4.69) is 4.98 Å². The molecule has 4 heteroatoms. The zero-order valence-electron chi connectivity index (χ0n) is 10.4. The summed E-state index contributed by atoms with van der Waals surface area (Å²) >= 11 is 0. The summed E-state index contributed by atoms with van der Waals surface area (Å²) in [5.41, 5.74) is 1.91. The van der Waals surface area contributed by atoms with Crippen molar-refractivity contribution in [3.05, 3.63) is 59.9 Å². The Bertz CT molecular complexity index is 537. The molecule has 0 radical (unpaired) electrons. The van der Waals surface area contributed by atoms with Crippen molar-refractivity contribution in [1.29, 1.82) is 0 Å². The van der Waals surface area contributed by atoms with Crippen molar-refractivity contribution in [2.75, 3.05) is 0 Å². The summed E-state index contributed by atoms with van der Waals surface area (Å²) in [6.07, 6.45) is 4.04. The van der Waals surface area contributed by atoms with Crippen LogP contribution in [0.25, 0.3) is 0 Å². The Kier molecular flexibility index (Phi) is 4.13. The van der Waals surface area contributed by atoms with E-state index < -0.39 is 5.97 Å². The Labute approximate surface area is 111 Å². The number of pyridine rings is 1. The van der Waals surface area contributed by atoms with Gasteiger partial charge in [-0.25, -0.2) is 0 Å². The van der Waals surface area contributed by atoms with Gasteiger partial charge in [0.15, 0.2) is 0 Å². The van der Waals surface area contributed by atoms with E-state index in [1.807, 2.05) is 6.07 Å². The summed E-state index contributed by atoms with van der Waals surface area (Å²) in [5.74, 6) is -0.733. The van der Waals surface area contributed by atoms with E-state index in [1.165, 1.54) is 0 Å². The third-order valence-corrected chi connectivity index (χ3v) is 3.00. The molecule has 0 aliphatic rings. The van der Waals surface area contributed by atoms with Gasteiger partial charge in [-0.1, -0.05) is 18.2 Å². The van der Waals surface area contributed by atoms with E-state index in [9.17, 15) is 9.90 Å². The molecule has 0 fully saturated rings. The molecule has 0 aliphatic heterocycles. The highest BCUT2D eigenvalue weighted by Crippen LogP contribution is 2.24. The van der Waals surface area contributed by atoms with Crippen molar-refractivity contribution in [2.45, 2.75) is 18.8 Å². The van der Waals surface area contributed by atoms with Gasteiger partial charge in [-0.2, -0.15) is 0 Å². The molecule has 0 unspecified atom stereocenters. The number of carboxylic acids is 1. The van der Waals surface area contributed by atoms with Crippen LogP contribution in [0.2, 0.25) is 0 Å². The monoisotopic (exact) mass is 257 g/mol. The summed E-state index contributed by atoms with van der Waals surface area (Å²) in [5, 5.41) is 18.3. The molecule has 0 aliphatic carbocycles. The van der Waals surface area contributed by atoms with Gasteiger partial charge in [0.05, 0.1) is 6.42 Å². The number of aromatic hydroxyl groups is 1. The zero-order valence-corrected chi connectivity index (χ0v) is 10.4. The lowest BCUT2D eigenvalue weighted by Crippen LogP contribution is -2.09. The predicted octanol–water partition coefficient (Wildman–Crippen LogP) is 2.59. The SMILES string of the molecule is O=C(O)C[C@H](Cc1ccc(O)cc1)c1cccnc1. The Hall–Kier alpha value is -2.36. The number of phenols is 1. The van der Waals surface area contributed by atoms with Crippen LogP contribution in [0.4, 0.5) is 0 Å². The van der Waals surface area contributed by atoms with Crippen molar-refractivity contribution in [1.82, 2.24) is 4.98 Å². The fourth-order valence-corrected chi connectivity index (χ4v) is 2.05. The second-order valence-electron chi connectivity index (χ2n) is 4.45. The fourth-order valence-electron chi connectivity index (χ4n) is 2.05. The van der Waals surface area contributed by atoms with Gasteiger partial charge in [-0.3, -0.25) is 9.78 Å². The first-order valence-electron chi connectivity index (χ1n) is 6.05. The number of rotatable bonds is 5. The summed E-state index contributed by atoms with van der Waals surface area (Å²) in [6.45, 7) is 0. The van der Waals surface area contributed by atoms with Crippen molar-refractivity contribution in [3.63, 3.8) is 0 Å². The quantitative estimate of drug-likeness (QED) is 0.863. The normalized spacial score (nSPS) is 12.0. The van der Waals surface area contributed by atoms with Gasteiger partial charge in [0.2, 0.25) is 0 Å². The van der Waals surface area contributed by atoms with Gasteiger partial charge in [0.1, 0.15) is 5.75 Å². The van der Waals surface area contributed by atoms with E-state index in [0.717, 1.165) is 11.1 Å². The lowest BCUT2D eigenvalue weighted by atomic mass is 9.90. The summed E-state index contributed by atoms with van der Waals surface area (Å²) in [6, 6.07) is 10.5. The fraction of sp³-hybridized carbons (Fsp3) is 0.200. The first kappa shape index (κ1) is 13.1. The Morgan fingerprint density at radius 1 is 1.21 bits per heavy atom. The highest BCUT2D eigenvalue weighted by atomic mass is 16.4. The van der Waals surface area contributed by atoms with Crippen molar-refractivity contribution in [2.24, 2.45) is 0 Å². The number of phenolic OH excluding ortho intramolecular Hbond substituents is 1. The number of carbonyl (C=O) groups is 1. The molecule has 19 heavy (non-hydrogen) atoms. The topological polar surface area (TPSA) is 70.4 Å². The molecule has 1 aromatic carbocycles. The van der Waals surface area contributed by atoms with E-state index in [-0.39, 0.29) is 18.1 Å². The largest absolute Gasteiger partial charge is 0.508 e. The van der Waals surface area contributed by atoms with Crippen LogP contribution in [0.3, 0.4) is 0 Å². The number of aliphatic carboxylic acids is 1. The molecule has 2 aromatic rings. The van der Waals surface area contributed by atoms with Crippen molar-refractivity contribution < 1.29 is 15.0 Å². The first-order chi connectivity index (χ1) is 9.15. The average Bonchev–Trinajstić information content (AvgIpc) is 2.41. The second-order valence-corrected chi connectivity index (χ2v) is 4.45. The third kappa shape index (κ3) is 3.81. The molecule has 0 spiro atoms. The van der Waals surface area contributed by atoms with Crippen molar-refractivity contribution in [3.8, 4) is 5.75 Å². The maximum absolute atomic E-state index is 11.0. The summed E-state index contributed by atoms with van der Waals surface area (Å²) in [4.78, 5) is 15.0. The number of carboxylic acid groups (broad SMARTS) is 1. The van der Waals surface area contributed by atoms with Gasteiger partial charge in [0.25, 0.3) is 0 Å². The minimum Gasteiger partial charge on any atom is -0.508 e. The van der Waals surface area contributed by atoms with E-state index in [1.54, 1.807) is 42.7 Å². The molecule has 0 amide bonds. The second kappa shape index (κ2) is 6.00. The van der Waals surface area contributed by atoms with Crippen LogP contribution in [0, 0.1) is 0 Å². The molecular weight excluding hydrogens is 242 g/mol. The highest BCUT2D eigenvalue weighted by molar-refractivity contribution is 5.68. The van der Waals surface area contributed by atoms with Gasteiger partial charge < -0.3 is 10.2 Å². The molecular formula is C15H15NO3. The van der Waals surface area contributed by atoms with Crippen LogP contribution in [0.15, 0.2) is 48.8 Å². The van der Waals surface area contributed by atoms with Crippen LogP contribution in [0.1, 0.15) is 23.5 Å². The summed E-state index contributed by atoms with van der Waals surface area (Å²) in [7, 11) is 0. The minimum atomic E-state index is -0.826. The molecule has 98 valence electrons. The molecule has 2 N–H and O–H groups in total. The standard InChI is InChI=1S/C15H15NO3/c17-14-5-3-11(4-6-14)8-13(9-15(18)19)12-2-1-7-16-10-12/h1-7,10,13,17H,8-9H2,(H,18,19)/t13-/m0/s1. The zero-order chi connectivity index (χ0) is 13.7. The number of hydrogen-bond donors (Lipinski definition) is 2.